The summed E-state index contributed by atoms with van der Waals surface area (Å²) in [5.74, 6) is 0.0198. The third kappa shape index (κ3) is 6.64. The highest BCUT2D eigenvalue weighted by Crippen LogP contribution is 2.08. The molecule has 0 aliphatic carbocycles. The Morgan fingerprint density at radius 1 is 1.41 bits per heavy atom. The van der Waals surface area contributed by atoms with Crippen LogP contribution < -0.4 is 11.1 Å². The Labute approximate surface area is 106 Å². The molecule has 1 fully saturated rings. The Kier molecular flexibility index (Phi) is 9.09. The standard InChI is InChI=1S/C11H23N3O.C2H6/c1-3-4-10(12)11(15)13-9-5-7-14(2)8-6-9;1-2/h9-10H,3-8,12H2,1-2H3,(H,13,15);1-2H3. The van der Waals surface area contributed by atoms with Gasteiger partial charge >= 0.3 is 0 Å². The maximum Gasteiger partial charge on any atom is 0.237 e. The van der Waals surface area contributed by atoms with Crippen LogP contribution >= 0.6 is 0 Å². The van der Waals surface area contributed by atoms with Gasteiger partial charge in [0, 0.05) is 6.04 Å². The lowest BCUT2D eigenvalue weighted by molar-refractivity contribution is -0.123. The molecule has 0 bridgehead atoms. The van der Waals surface area contributed by atoms with Crippen molar-refractivity contribution in [3.63, 3.8) is 0 Å². The van der Waals surface area contributed by atoms with Crippen molar-refractivity contribution in [2.45, 2.75) is 58.5 Å². The molecule has 0 aromatic heterocycles. The summed E-state index contributed by atoms with van der Waals surface area (Å²) in [6, 6.07) is 0.00580. The lowest BCUT2D eigenvalue weighted by Gasteiger charge is -2.30. The SMILES string of the molecule is CC.CCCC(N)C(=O)NC1CCN(C)CC1. The highest BCUT2D eigenvalue weighted by molar-refractivity contribution is 5.81. The van der Waals surface area contributed by atoms with Gasteiger partial charge in [0.2, 0.25) is 5.91 Å². The van der Waals surface area contributed by atoms with Crippen LogP contribution in [0.5, 0.6) is 0 Å². The molecule has 1 rings (SSSR count). The van der Waals surface area contributed by atoms with Gasteiger partial charge in [0.1, 0.15) is 0 Å². The third-order valence-electron chi connectivity index (χ3n) is 3.00. The van der Waals surface area contributed by atoms with E-state index in [2.05, 4.69) is 17.3 Å². The number of likely N-dealkylation sites (tertiary alicyclic amines) is 1. The minimum atomic E-state index is -0.324. The number of nitrogens with one attached hydrogen (secondary N) is 1. The maximum absolute atomic E-state index is 11.6. The molecular formula is C13H29N3O. The molecule has 0 aromatic rings. The smallest absolute Gasteiger partial charge is 0.237 e. The topological polar surface area (TPSA) is 58.4 Å². The van der Waals surface area contributed by atoms with Crippen LogP contribution in [0.1, 0.15) is 46.5 Å². The molecule has 1 aliphatic heterocycles. The summed E-state index contributed by atoms with van der Waals surface area (Å²) in [6.45, 7) is 8.17. The second kappa shape index (κ2) is 9.42. The monoisotopic (exact) mass is 243 g/mol. The molecule has 1 unspecified atom stereocenters. The highest BCUT2D eigenvalue weighted by Gasteiger charge is 2.20. The first-order valence-corrected chi connectivity index (χ1v) is 6.88. The molecule has 1 heterocycles. The molecule has 17 heavy (non-hydrogen) atoms. The van der Waals surface area contributed by atoms with Gasteiger partial charge in [0.15, 0.2) is 0 Å². The van der Waals surface area contributed by atoms with E-state index in [0.29, 0.717) is 6.04 Å². The number of nitrogens with two attached hydrogens (primary N) is 1. The quantitative estimate of drug-likeness (QED) is 0.783. The molecule has 102 valence electrons. The van der Waals surface area contributed by atoms with E-state index < -0.39 is 0 Å². The van der Waals surface area contributed by atoms with E-state index in [1.807, 2.05) is 20.8 Å². The summed E-state index contributed by atoms with van der Waals surface area (Å²) in [7, 11) is 2.11. The van der Waals surface area contributed by atoms with Crippen LogP contribution in [0.2, 0.25) is 0 Å². The van der Waals surface area contributed by atoms with Crippen LogP contribution in [0.4, 0.5) is 0 Å². The normalized spacial score (nSPS) is 19.1. The van der Waals surface area contributed by atoms with Crippen molar-refractivity contribution in [3.8, 4) is 0 Å². The summed E-state index contributed by atoms with van der Waals surface area (Å²) in [4.78, 5) is 13.9. The van der Waals surface area contributed by atoms with Crippen molar-refractivity contribution in [1.29, 1.82) is 0 Å². The van der Waals surface area contributed by atoms with Gasteiger partial charge in [-0.1, -0.05) is 27.2 Å². The number of amides is 1. The Balaban J connectivity index is 0.00000121. The number of hydrogen-bond acceptors (Lipinski definition) is 3. The number of piperidine rings is 1. The fourth-order valence-electron chi connectivity index (χ4n) is 1.90. The second-order valence-corrected chi connectivity index (χ2v) is 4.48. The fraction of sp³-hybridized carbons (Fsp3) is 0.923. The van der Waals surface area contributed by atoms with E-state index in [1.165, 1.54) is 0 Å². The van der Waals surface area contributed by atoms with Crippen LogP contribution in [0.15, 0.2) is 0 Å². The van der Waals surface area contributed by atoms with E-state index in [-0.39, 0.29) is 11.9 Å². The van der Waals surface area contributed by atoms with Gasteiger partial charge in [-0.25, -0.2) is 0 Å². The number of rotatable bonds is 4. The zero-order chi connectivity index (χ0) is 13.3. The van der Waals surface area contributed by atoms with Gasteiger partial charge in [-0.05, 0) is 39.4 Å². The molecular weight excluding hydrogens is 214 g/mol. The zero-order valence-corrected chi connectivity index (χ0v) is 11.8. The Morgan fingerprint density at radius 3 is 2.41 bits per heavy atom. The molecule has 1 saturated heterocycles. The summed E-state index contributed by atoms with van der Waals surface area (Å²) in [5.41, 5.74) is 5.75. The molecule has 4 heteroatoms. The van der Waals surface area contributed by atoms with Crippen molar-refractivity contribution in [2.75, 3.05) is 20.1 Å². The zero-order valence-electron chi connectivity index (χ0n) is 11.8. The molecule has 0 saturated carbocycles. The van der Waals surface area contributed by atoms with Gasteiger partial charge in [-0.15, -0.1) is 0 Å². The van der Waals surface area contributed by atoms with Gasteiger partial charge in [0.25, 0.3) is 0 Å². The minimum absolute atomic E-state index is 0.0198. The molecule has 1 atom stereocenters. The van der Waals surface area contributed by atoms with Crippen LogP contribution in [0, 0.1) is 0 Å². The van der Waals surface area contributed by atoms with Crippen molar-refractivity contribution in [2.24, 2.45) is 5.73 Å². The summed E-state index contributed by atoms with van der Waals surface area (Å²) in [5, 5.41) is 3.03. The maximum atomic E-state index is 11.6. The number of hydrogen-bond donors (Lipinski definition) is 2. The molecule has 0 aromatic carbocycles. The van der Waals surface area contributed by atoms with Crippen LogP contribution in [0.3, 0.4) is 0 Å². The molecule has 1 aliphatic rings. The average molecular weight is 243 g/mol. The summed E-state index contributed by atoms with van der Waals surface area (Å²) < 4.78 is 0. The first-order chi connectivity index (χ1) is 8.13. The summed E-state index contributed by atoms with van der Waals surface area (Å²) in [6.07, 6.45) is 3.82. The molecule has 4 nitrogen and oxygen atoms in total. The molecule has 3 N–H and O–H groups in total. The van der Waals surface area contributed by atoms with E-state index in [9.17, 15) is 4.79 Å². The lowest BCUT2D eigenvalue weighted by Crippen LogP contribution is -2.49. The first-order valence-electron chi connectivity index (χ1n) is 6.88. The third-order valence-corrected chi connectivity index (χ3v) is 3.00. The van der Waals surface area contributed by atoms with Crippen LogP contribution in [-0.4, -0.2) is 43.0 Å². The Morgan fingerprint density at radius 2 is 1.94 bits per heavy atom. The molecule has 1 amide bonds. The number of carbonyl (C=O) groups excluding carboxylic acids is 1. The Bertz CT molecular complexity index is 201. The predicted octanol–water partition coefficient (Wildman–Crippen LogP) is 1.35. The van der Waals surface area contributed by atoms with Crippen LogP contribution in [-0.2, 0) is 4.79 Å². The van der Waals surface area contributed by atoms with Crippen molar-refractivity contribution < 1.29 is 4.79 Å². The van der Waals surface area contributed by atoms with E-state index in [0.717, 1.165) is 38.8 Å². The summed E-state index contributed by atoms with van der Waals surface area (Å²) >= 11 is 0. The largest absolute Gasteiger partial charge is 0.352 e. The van der Waals surface area contributed by atoms with Gasteiger partial charge in [-0.2, -0.15) is 0 Å². The highest BCUT2D eigenvalue weighted by atomic mass is 16.2. The van der Waals surface area contributed by atoms with Crippen molar-refractivity contribution >= 4 is 5.91 Å². The number of carbonyl (C=O) groups is 1. The van der Waals surface area contributed by atoms with Crippen LogP contribution in [0.25, 0.3) is 0 Å². The van der Waals surface area contributed by atoms with Gasteiger partial charge < -0.3 is 16.0 Å². The van der Waals surface area contributed by atoms with Crippen molar-refractivity contribution in [3.05, 3.63) is 0 Å². The minimum Gasteiger partial charge on any atom is -0.352 e. The molecule has 0 spiro atoms. The average Bonchev–Trinajstić information content (AvgIpc) is 2.35. The van der Waals surface area contributed by atoms with Gasteiger partial charge in [-0.3, -0.25) is 4.79 Å². The first kappa shape index (κ1) is 16.4. The number of nitrogens with zero attached hydrogens (tertiary/aromatic N) is 1. The van der Waals surface area contributed by atoms with E-state index >= 15 is 0 Å². The Hall–Kier alpha value is -0.610. The van der Waals surface area contributed by atoms with Gasteiger partial charge in [0.05, 0.1) is 6.04 Å². The van der Waals surface area contributed by atoms with Crippen molar-refractivity contribution in [1.82, 2.24) is 10.2 Å². The van der Waals surface area contributed by atoms with E-state index in [1.54, 1.807) is 0 Å². The van der Waals surface area contributed by atoms with E-state index in [4.69, 9.17) is 5.73 Å². The molecule has 0 radical (unpaired) electrons. The lowest BCUT2D eigenvalue weighted by atomic mass is 10.0. The predicted molar refractivity (Wildman–Crippen MR) is 72.9 cm³/mol. The fourth-order valence-corrected chi connectivity index (χ4v) is 1.90. The second-order valence-electron chi connectivity index (χ2n) is 4.48.